The second-order valence-electron chi connectivity index (χ2n) is 7.86. The maximum absolute atomic E-state index is 12.6. The normalized spacial score (nSPS) is 26.6. The van der Waals surface area contributed by atoms with Gasteiger partial charge in [0.25, 0.3) is 0 Å². The molecule has 1 aliphatic heterocycles. The molecule has 10 N–H and O–H groups in total. The zero-order valence-electron chi connectivity index (χ0n) is 19.1. The van der Waals surface area contributed by atoms with E-state index in [9.17, 15) is 39.3 Å². The number of rotatable bonds is 13. The number of carbonyl (C=O) groups is 5. The number of nitrogens with one attached hydrogen (secondary N) is 3. The second-order valence-corrected chi connectivity index (χ2v) is 7.86. The Morgan fingerprint density at radius 2 is 1.69 bits per heavy atom. The lowest BCUT2D eigenvalue weighted by Gasteiger charge is -2.43. The van der Waals surface area contributed by atoms with Gasteiger partial charge in [-0.25, -0.2) is 0 Å². The molecule has 35 heavy (non-hydrogen) atoms. The number of ether oxygens (including phenoxy) is 2. The van der Waals surface area contributed by atoms with Crippen LogP contribution in [0.5, 0.6) is 0 Å². The van der Waals surface area contributed by atoms with Gasteiger partial charge < -0.3 is 56.7 Å². The Bertz CT molecular complexity index is 781. The Kier molecular flexibility index (Phi) is 11.9. The third kappa shape index (κ3) is 9.00. The van der Waals surface area contributed by atoms with Gasteiger partial charge in [-0.2, -0.15) is 0 Å². The quantitative estimate of drug-likeness (QED) is 0.113. The molecule has 1 saturated heterocycles. The smallest absolute Gasteiger partial charge is 0.303 e. The maximum Gasteiger partial charge on any atom is 0.303 e. The molecular formula is C19H32N4O12. The van der Waals surface area contributed by atoms with Crippen molar-refractivity contribution in [2.75, 3.05) is 13.2 Å². The molecule has 1 aliphatic rings. The lowest BCUT2D eigenvalue weighted by Crippen LogP contribution is -2.66. The van der Waals surface area contributed by atoms with Crippen LogP contribution in [0.25, 0.3) is 0 Å². The largest absolute Gasteiger partial charge is 0.481 e. The molecule has 0 spiro atoms. The summed E-state index contributed by atoms with van der Waals surface area (Å²) in [5.74, 6) is -4.80. The number of primary amides is 1. The fraction of sp³-hybridized carbons (Fsp3) is 0.737. The summed E-state index contributed by atoms with van der Waals surface area (Å²) in [6, 6.07) is -3.92. The van der Waals surface area contributed by atoms with Gasteiger partial charge in [-0.3, -0.25) is 24.0 Å². The zero-order valence-corrected chi connectivity index (χ0v) is 19.1. The van der Waals surface area contributed by atoms with E-state index < -0.39 is 98.1 Å². The van der Waals surface area contributed by atoms with Gasteiger partial charge in [0.15, 0.2) is 6.29 Å². The van der Waals surface area contributed by atoms with E-state index in [0.29, 0.717) is 0 Å². The first kappa shape index (κ1) is 30.1. The van der Waals surface area contributed by atoms with Crippen LogP contribution in [0.3, 0.4) is 0 Å². The number of carboxylic acids is 1. The predicted octanol–water partition coefficient (Wildman–Crippen LogP) is -5.35. The molecular weight excluding hydrogens is 476 g/mol. The fourth-order valence-electron chi connectivity index (χ4n) is 3.18. The highest BCUT2D eigenvalue weighted by atomic mass is 16.6. The molecule has 1 heterocycles. The monoisotopic (exact) mass is 508 g/mol. The average Bonchev–Trinajstić information content (AvgIpc) is 2.79. The number of carboxylic acid groups (broad SMARTS) is 1. The first-order valence-corrected chi connectivity index (χ1v) is 10.6. The van der Waals surface area contributed by atoms with Crippen LogP contribution >= 0.6 is 0 Å². The van der Waals surface area contributed by atoms with Gasteiger partial charge in [0.2, 0.25) is 23.6 Å². The summed E-state index contributed by atoms with van der Waals surface area (Å²) >= 11 is 0. The van der Waals surface area contributed by atoms with Crippen molar-refractivity contribution in [3.63, 3.8) is 0 Å². The summed E-state index contributed by atoms with van der Waals surface area (Å²) in [6.45, 7) is 0.844. The number of hydrogen-bond acceptors (Lipinski definition) is 11. The number of hydrogen-bond donors (Lipinski definition) is 9. The van der Waals surface area contributed by atoms with Crippen molar-refractivity contribution in [3.05, 3.63) is 0 Å². The van der Waals surface area contributed by atoms with E-state index in [-0.39, 0.29) is 6.42 Å². The van der Waals surface area contributed by atoms with Crippen molar-refractivity contribution < 1.29 is 59.0 Å². The number of aliphatic hydroxyl groups excluding tert-OH is 4. The lowest BCUT2D eigenvalue weighted by molar-refractivity contribution is -0.266. The van der Waals surface area contributed by atoms with Crippen LogP contribution in [0.2, 0.25) is 0 Å². The molecule has 200 valence electrons. The minimum atomic E-state index is -1.76. The highest BCUT2D eigenvalue weighted by Gasteiger charge is 2.47. The number of aliphatic carboxylic acids is 1. The Labute approximate surface area is 199 Å². The van der Waals surface area contributed by atoms with Gasteiger partial charge in [0, 0.05) is 6.42 Å². The van der Waals surface area contributed by atoms with E-state index in [0.717, 1.165) is 0 Å². The van der Waals surface area contributed by atoms with Gasteiger partial charge in [0.05, 0.1) is 6.61 Å². The van der Waals surface area contributed by atoms with Crippen molar-refractivity contribution >= 4 is 29.6 Å². The summed E-state index contributed by atoms with van der Waals surface area (Å²) in [5, 5.41) is 54.3. The zero-order chi connectivity index (χ0) is 26.9. The van der Waals surface area contributed by atoms with Crippen molar-refractivity contribution in [1.29, 1.82) is 0 Å². The van der Waals surface area contributed by atoms with E-state index in [1.54, 1.807) is 0 Å². The van der Waals surface area contributed by atoms with Gasteiger partial charge in [-0.15, -0.1) is 0 Å². The molecule has 0 aromatic carbocycles. The van der Waals surface area contributed by atoms with Gasteiger partial charge in [-0.05, 0) is 20.3 Å². The van der Waals surface area contributed by atoms with E-state index in [2.05, 4.69) is 16.0 Å². The van der Waals surface area contributed by atoms with Crippen LogP contribution < -0.4 is 21.7 Å². The lowest BCUT2D eigenvalue weighted by atomic mass is 9.96. The van der Waals surface area contributed by atoms with Crippen molar-refractivity contribution in [2.45, 2.75) is 75.5 Å². The number of carbonyl (C=O) groups excluding carboxylic acids is 4. The molecule has 4 amide bonds. The predicted molar refractivity (Wildman–Crippen MR) is 113 cm³/mol. The van der Waals surface area contributed by atoms with E-state index in [1.807, 2.05) is 0 Å². The highest BCUT2D eigenvalue weighted by molar-refractivity contribution is 5.92. The van der Waals surface area contributed by atoms with Crippen LogP contribution in [0.1, 0.15) is 26.7 Å². The van der Waals surface area contributed by atoms with E-state index in [1.165, 1.54) is 13.8 Å². The second kappa shape index (κ2) is 13.9. The first-order chi connectivity index (χ1) is 16.3. The average molecular weight is 508 g/mol. The van der Waals surface area contributed by atoms with Gasteiger partial charge in [-0.1, -0.05) is 0 Å². The molecule has 1 fully saturated rings. The molecule has 8 atom stereocenters. The number of amides is 4. The maximum atomic E-state index is 12.6. The highest BCUT2D eigenvalue weighted by Crippen LogP contribution is 2.23. The molecule has 0 radical (unpaired) electrons. The molecule has 0 saturated carbocycles. The van der Waals surface area contributed by atoms with Crippen LogP contribution in [0.4, 0.5) is 0 Å². The van der Waals surface area contributed by atoms with Crippen LogP contribution in [-0.2, 0) is 33.4 Å². The van der Waals surface area contributed by atoms with Crippen LogP contribution in [0.15, 0.2) is 0 Å². The molecule has 0 unspecified atom stereocenters. The summed E-state index contributed by atoms with van der Waals surface area (Å²) in [7, 11) is 0. The van der Waals surface area contributed by atoms with Crippen LogP contribution in [0, 0.1) is 0 Å². The van der Waals surface area contributed by atoms with Gasteiger partial charge >= 0.3 is 5.97 Å². The molecule has 16 nitrogen and oxygen atoms in total. The molecule has 0 bridgehead atoms. The third-order valence-corrected chi connectivity index (χ3v) is 5.13. The molecule has 0 aliphatic carbocycles. The van der Waals surface area contributed by atoms with Gasteiger partial charge in [0.1, 0.15) is 49.1 Å². The minimum Gasteiger partial charge on any atom is -0.481 e. The Morgan fingerprint density at radius 3 is 2.20 bits per heavy atom. The topological polar surface area (TPSA) is 267 Å². The first-order valence-electron chi connectivity index (χ1n) is 10.6. The van der Waals surface area contributed by atoms with E-state index in [4.69, 9.17) is 25.4 Å². The molecule has 0 aromatic heterocycles. The third-order valence-electron chi connectivity index (χ3n) is 5.13. The minimum absolute atomic E-state index is 0.256. The number of aliphatic hydroxyl groups is 4. The fourth-order valence-corrected chi connectivity index (χ4v) is 3.18. The Morgan fingerprint density at radius 1 is 1.06 bits per heavy atom. The van der Waals surface area contributed by atoms with E-state index >= 15 is 0 Å². The van der Waals surface area contributed by atoms with Crippen molar-refractivity contribution in [3.8, 4) is 0 Å². The molecule has 16 heteroatoms. The standard InChI is InChI=1S/C19H32N4O12/c1-7(17(31)22-9(16(20)30)3-4-12(27)28)21-18(32)8(2)34-15-13(23-11(26)6-25)19(33)35-10(5-24)14(15)29/h7-10,13-15,19,24-25,29,33H,3-6H2,1-2H3,(H2,20,30)(H,21,32)(H,22,31)(H,23,26)(H,27,28)/t7-,8+,9+,10+,13+,14+,15+,19+/m0/s1. The molecule has 1 rings (SSSR count). The molecule has 0 aromatic rings. The Hall–Kier alpha value is -2.89. The van der Waals surface area contributed by atoms with Crippen molar-refractivity contribution in [2.24, 2.45) is 5.73 Å². The Balaban J connectivity index is 2.83. The summed E-state index contributed by atoms with van der Waals surface area (Å²) in [4.78, 5) is 58.6. The number of nitrogens with two attached hydrogens (primary N) is 1. The summed E-state index contributed by atoms with van der Waals surface area (Å²) < 4.78 is 10.5. The van der Waals surface area contributed by atoms with Crippen LogP contribution in [-0.4, -0.2) is 117 Å². The van der Waals surface area contributed by atoms with Crippen molar-refractivity contribution in [1.82, 2.24) is 16.0 Å². The SMILES string of the molecule is C[C@H](NC(=O)[C@@H](C)O[C@H]1[C@H](O)[C@@H](CO)O[C@@H](O)[C@@H]1NC(=O)CO)C(=O)N[C@H](CCC(=O)O)C(N)=O. The summed E-state index contributed by atoms with van der Waals surface area (Å²) in [5.41, 5.74) is 5.16. The summed E-state index contributed by atoms with van der Waals surface area (Å²) in [6.07, 6.45) is -8.20.